The summed E-state index contributed by atoms with van der Waals surface area (Å²) in [6.07, 6.45) is 0. The van der Waals surface area contributed by atoms with Crippen molar-refractivity contribution in [1.29, 1.82) is 0 Å². The maximum Gasteiger partial charge on any atom is 0.0561 e. The fraction of sp³-hybridized carbons (Fsp3) is 0. The average molecular weight is 661 g/mol. The fourth-order valence-electron chi connectivity index (χ4n) is 8.55. The Balaban J connectivity index is 1.24. The van der Waals surface area contributed by atoms with Gasteiger partial charge < -0.3 is 9.47 Å². The minimum atomic E-state index is 1.11. The number of hydrogen-bond acceptors (Lipinski definition) is 1. The maximum atomic E-state index is 2.45. The second-order valence-corrected chi connectivity index (χ2v) is 13.7. The molecule has 0 bridgehead atoms. The van der Waals surface area contributed by atoms with Gasteiger partial charge in [-0.25, -0.2) is 0 Å². The summed E-state index contributed by atoms with van der Waals surface area (Å²) in [5.41, 5.74) is 6.91. The van der Waals surface area contributed by atoms with E-state index in [4.69, 9.17) is 0 Å². The Morgan fingerprint density at radius 2 is 0.827 bits per heavy atom. The van der Waals surface area contributed by atoms with Crippen molar-refractivity contribution in [3.8, 4) is 5.69 Å². The van der Waals surface area contributed by atoms with Gasteiger partial charge in [0.2, 0.25) is 0 Å². The van der Waals surface area contributed by atoms with Crippen LogP contribution in [0.3, 0.4) is 0 Å². The van der Waals surface area contributed by atoms with Crippen molar-refractivity contribution in [2.75, 3.05) is 4.90 Å². The van der Waals surface area contributed by atoms with Crippen LogP contribution in [0, 0.1) is 0 Å². The van der Waals surface area contributed by atoms with E-state index in [1.54, 1.807) is 0 Å². The zero-order valence-electron chi connectivity index (χ0n) is 28.4. The summed E-state index contributed by atoms with van der Waals surface area (Å²) < 4.78 is 2.40. The summed E-state index contributed by atoms with van der Waals surface area (Å²) in [4.78, 5) is 2.45. The monoisotopic (exact) mass is 660 g/mol. The van der Waals surface area contributed by atoms with E-state index in [1.807, 2.05) is 0 Å². The third-order valence-corrected chi connectivity index (χ3v) is 10.9. The number of nitrogens with zero attached hydrogens (tertiary/aromatic N) is 2. The van der Waals surface area contributed by atoms with Crippen molar-refractivity contribution in [3.63, 3.8) is 0 Å². The zero-order valence-corrected chi connectivity index (χ0v) is 28.4. The van der Waals surface area contributed by atoms with Crippen LogP contribution < -0.4 is 4.90 Å². The summed E-state index contributed by atoms with van der Waals surface area (Å²) in [5, 5.41) is 15.1. The van der Waals surface area contributed by atoms with Crippen LogP contribution in [0.15, 0.2) is 194 Å². The summed E-state index contributed by atoms with van der Waals surface area (Å²) in [6.45, 7) is 0. The van der Waals surface area contributed by atoms with Crippen LogP contribution in [0.25, 0.3) is 81.4 Å². The van der Waals surface area contributed by atoms with Gasteiger partial charge in [0.15, 0.2) is 0 Å². The maximum absolute atomic E-state index is 2.45. The number of aromatic nitrogens is 1. The number of para-hydroxylation sites is 2. The molecule has 0 N–H and O–H groups in total. The van der Waals surface area contributed by atoms with Gasteiger partial charge in [0, 0.05) is 33.2 Å². The first-order valence-corrected chi connectivity index (χ1v) is 17.9. The minimum absolute atomic E-state index is 1.11. The van der Waals surface area contributed by atoms with Crippen molar-refractivity contribution in [2.24, 2.45) is 0 Å². The van der Waals surface area contributed by atoms with E-state index >= 15 is 0 Å². The molecule has 0 saturated carbocycles. The highest BCUT2D eigenvalue weighted by Gasteiger charge is 2.20. The van der Waals surface area contributed by atoms with Crippen LogP contribution in [0.1, 0.15) is 0 Å². The number of hydrogen-bond donors (Lipinski definition) is 0. The molecule has 2 heteroatoms. The fourth-order valence-corrected chi connectivity index (χ4v) is 8.55. The van der Waals surface area contributed by atoms with Crippen molar-refractivity contribution in [1.82, 2.24) is 4.57 Å². The number of benzene rings is 10. The van der Waals surface area contributed by atoms with E-state index in [1.165, 1.54) is 75.7 Å². The predicted octanol–water partition coefficient (Wildman–Crippen LogP) is 14.0. The first-order valence-electron chi connectivity index (χ1n) is 17.9. The molecule has 0 aliphatic carbocycles. The zero-order chi connectivity index (χ0) is 34.2. The third kappa shape index (κ3) is 4.31. The second kappa shape index (κ2) is 11.3. The van der Waals surface area contributed by atoms with Gasteiger partial charge >= 0.3 is 0 Å². The van der Waals surface area contributed by atoms with Gasteiger partial charge in [-0.2, -0.15) is 0 Å². The van der Waals surface area contributed by atoms with Crippen LogP contribution in [0.4, 0.5) is 17.1 Å². The van der Waals surface area contributed by atoms with E-state index in [-0.39, 0.29) is 0 Å². The highest BCUT2D eigenvalue weighted by atomic mass is 15.1. The standard InChI is InChI=1S/C50H32N2/c1-2-14-38(15-3-1)52-47-19-9-8-18-43(47)44-30-29-40(32-48(44)52)51(46-20-10-13-33-11-4-6-16-41(33)46)39-28-27-35-22-24-37-26-25-36-23-21-34-12-5-7-17-42(34)49(36)50(37)45(35)31-39/h1-32H. The van der Waals surface area contributed by atoms with Gasteiger partial charge in [-0.15, -0.1) is 0 Å². The van der Waals surface area contributed by atoms with Crippen molar-refractivity contribution in [2.45, 2.75) is 0 Å². The summed E-state index contributed by atoms with van der Waals surface area (Å²) >= 11 is 0. The molecule has 52 heavy (non-hydrogen) atoms. The van der Waals surface area contributed by atoms with E-state index in [0.29, 0.717) is 0 Å². The average Bonchev–Trinajstić information content (AvgIpc) is 3.54. The Morgan fingerprint density at radius 1 is 0.308 bits per heavy atom. The Hall–Kier alpha value is -6.90. The SMILES string of the molecule is c1ccc(-n2c3ccccc3c3ccc(N(c4ccc5ccc6ccc7ccc8ccccc8c7c6c5c4)c4cccc5ccccc45)cc32)cc1. The number of rotatable bonds is 4. The lowest BCUT2D eigenvalue weighted by Crippen LogP contribution is -2.10. The molecule has 2 nitrogen and oxygen atoms in total. The molecule has 242 valence electrons. The van der Waals surface area contributed by atoms with Gasteiger partial charge in [-0.1, -0.05) is 146 Å². The molecule has 0 unspecified atom stereocenters. The molecular formula is C50H32N2. The normalized spacial score (nSPS) is 11.8. The highest BCUT2D eigenvalue weighted by molar-refractivity contribution is 6.28. The quantitative estimate of drug-likeness (QED) is 0.171. The van der Waals surface area contributed by atoms with E-state index < -0.39 is 0 Å². The summed E-state index contributed by atoms with van der Waals surface area (Å²) in [7, 11) is 0. The lowest BCUT2D eigenvalue weighted by atomic mass is 9.92. The number of fused-ring (bicyclic) bond motifs is 11. The van der Waals surface area contributed by atoms with Gasteiger partial charge in [0.1, 0.15) is 0 Å². The van der Waals surface area contributed by atoms with Crippen molar-refractivity contribution >= 4 is 92.7 Å². The van der Waals surface area contributed by atoms with Gasteiger partial charge in [-0.05, 0) is 97.0 Å². The first-order chi connectivity index (χ1) is 25.8. The Labute approximate surface area is 301 Å². The predicted molar refractivity (Wildman–Crippen MR) is 223 cm³/mol. The summed E-state index contributed by atoms with van der Waals surface area (Å²) in [6, 6.07) is 71.2. The molecule has 1 aromatic heterocycles. The second-order valence-electron chi connectivity index (χ2n) is 13.7. The van der Waals surface area contributed by atoms with E-state index in [0.717, 1.165) is 22.7 Å². The van der Waals surface area contributed by atoms with Gasteiger partial charge in [0.25, 0.3) is 0 Å². The molecule has 11 aromatic rings. The molecule has 1 heterocycles. The Kier molecular flexibility index (Phi) is 6.28. The lowest BCUT2D eigenvalue weighted by molar-refractivity contribution is 1.18. The van der Waals surface area contributed by atoms with Gasteiger partial charge in [0.05, 0.1) is 16.7 Å². The summed E-state index contributed by atoms with van der Waals surface area (Å²) in [5.74, 6) is 0. The molecule has 0 aliphatic rings. The van der Waals surface area contributed by atoms with Crippen LogP contribution in [0.2, 0.25) is 0 Å². The van der Waals surface area contributed by atoms with Crippen molar-refractivity contribution in [3.05, 3.63) is 194 Å². The van der Waals surface area contributed by atoms with Crippen molar-refractivity contribution < 1.29 is 0 Å². The minimum Gasteiger partial charge on any atom is -0.310 e. The molecule has 11 rings (SSSR count). The van der Waals surface area contributed by atoms with Crippen LogP contribution in [-0.4, -0.2) is 4.57 Å². The molecule has 0 atom stereocenters. The van der Waals surface area contributed by atoms with Crippen LogP contribution in [0.5, 0.6) is 0 Å². The van der Waals surface area contributed by atoms with Crippen LogP contribution >= 0.6 is 0 Å². The van der Waals surface area contributed by atoms with Crippen LogP contribution in [-0.2, 0) is 0 Å². The topological polar surface area (TPSA) is 8.17 Å². The number of anilines is 3. The molecule has 10 aromatic carbocycles. The lowest BCUT2D eigenvalue weighted by Gasteiger charge is -2.27. The molecule has 0 aliphatic heterocycles. The molecular weight excluding hydrogens is 629 g/mol. The molecule has 0 spiro atoms. The third-order valence-electron chi connectivity index (χ3n) is 10.9. The van der Waals surface area contributed by atoms with E-state index in [2.05, 4.69) is 204 Å². The molecule has 0 fully saturated rings. The highest BCUT2D eigenvalue weighted by Crippen LogP contribution is 2.44. The molecule has 0 radical (unpaired) electrons. The van der Waals surface area contributed by atoms with E-state index in [9.17, 15) is 0 Å². The first kappa shape index (κ1) is 28.9. The Bertz CT molecular complexity index is 3170. The smallest absolute Gasteiger partial charge is 0.0561 e. The largest absolute Gasteiger partial charge is 0.310 e. The molecule has 0 amide bonds. The Morgan fingerprint density at radius 3 is 1.62 bits per heavy atom. The van der Waals surface area contributed by atoms with Gasteiger partial charge in [-0.3, -0.25) is 0 Å². The molecule has 0 saturated heterocycles.